The Morgan fingerprint density at radius 2 is 1.56 bits per heavy atom. The van der Waals surface area contributed by atoms with Crippen molar-refractivity contribution in [1.29, 1.82) is 0 Å². The molecule has 1 saturated heterocycles. The first kappa shape index (κ1) is 24.9. The zero-order valence-electron chi connectivity index (χ0n) is 21.6. The number of thioether (sulfide) groups is 1. The number of anilines is 2. The molecule has 4 aromatic carbocycles. The molecule has 6 rings (SSSR count). The molecule has 0 saturated carbocycles. The molecule has 4 aromatic rings. The lowest BCUT2D eigenvalue weighted by Gasteiger charge is -2.41. The fourth-order valence-electron chi connectivity index (χ4n) is 5.15. The van der Waals surface area contributed by atoms with Gasteiger partial charge in [-0.1, -0.05) is 72.4 Å². The molecule has 1 atom stereocenters. The second-order valence-corrected chi connectivity index (χ2v) is 10.7. The fourth-order valence-corrected chi connectivity index (χ4v) is 6.17. The van der Waals surface area contributed by atoms with Gasteiger partial charge in [0.1, 0.15) is 0 Å². The molecular formula is C32H28N4O2S. The number of hydrogen-bond acceptors (Lipinski definition) is 5. The Hall–Kier alpha value is -4.36. The zero-order valence-corrected chi connectivity index (χ0v) is 22.4. The van der Waals surface area contributed by atoms with Gasteiger partial charge in [0.2, 0.25) is 0 Å². The molecule has 0 aromatic heterocycles. The van der Waals surface area contributed by atoms with Gasteiger partial charge in [0.25, 0.3) is 11.8 Å². The van der Waals surface area contributed by atoms with Gasteiger partial charge in [-0.05, 0) is 66.1 Å². The molecule has 194 valence electrons. The van der Waals surface area contributed by atoms with E-state index in [4.69, 9.17) is 4.99 Å². The molecule has 1 fully saturated rings. The van der Waals surface area contributed by atoms with E-state index >= 15 is 0 Å². The molecule has 0 bridgehead atoms. The lowest BCUT2D eigenvalue weighted by molar-refractivity contribution is -0.113. The van der Waals surface area contributed by atoms with Crippen molar-refractivity contribution in [2.24, 2.45) is 4.99 Å². The van der Waals surface area contributed by atoms with E-state index in [-0.39, 0.29) is 17.9 Å². The largest absolute Gasteiger partial charge is 0.340 e. The second-order valence-electron chi connectivity index (χ2n) is 9.65. The number of fused-ring (bicyclic) bond motifs is 2. The van der Waals surface area contributed by atoms with E-state index in [1.807, 2.05) is 104 Å². The highest BCUT2D eigenvalue weighted by atomic mass is 32.2. The molecule has 2 heterocycles. The molecule has 2 aliphatic heterocycles. The Morgan fingerprint density at radius 1 is 0.821 bits per heavy atom. The van der Waals surface area contributed by atoms with Crippen molar-refractivity contribution in [3.63, 3.8) is 0 Å². The van der Waals surface area contributed by atoms with Crippen LogP contribution in [0.15, 0.2) is 113 Å². The van der Waals surface area contributed by atoms with Crippen molar-refractivity contribution in [2.75, 3.05) is 22.9 Å². The summed E-state index contributed by atoms with van der Waals surface area (Å²) in [6.07, 6.45) is 1.01. The summed E-state index contributed by atoms with van der Waals surface area (Å²) in [5, 5.41) is 9.16. The maximum Gasteiger partial charge on any atom is 0.255 e. The van der Waals surface area contributed by atoms with E-state index in [1.54, 1.807) is 11.8 Å². The number of benzene rings is 4. The quantitative estimate of drug-likeness (QED) is 0.295. The normalized spacial score (nSPS) is 16.9. The predicted octanol–water partition coefficient (Wildman–Crippen LogP) is 6.85. The van der Waals surface area contributed by atoms with Crippen LogP contribution in [0.1, 0.15) is 35.3 Å². The standard InChI is InChI=1S/C32H28N4O2S/c1-21-28(31(38)34-26-12-3-2-4-13-26)29(36-17-8-18-39-32(36)33-21)24-11-7-14-27(20-24)35-30(37)25-16-15-22-9-5-6-10-23(22)19-25/h2-7,9-16,19-20,29H,8,17-18H2,1H3,(H,34,38)(H,35,37). The van der Waals surface area contributed by atoms with Crippen LogP contribution in [0.2, 0.25) is 0 Å². The summed E-state index contributed by atoms with van der Waals surface area (Å²) in [7, 11) is 0. The number of carbonyl (C=O) groups is 2. The maximum absolute atomic E-state index is 13.6. The van der Waals surface area contributed by atoms with Crippen LogP contribution in [0, 0.1) is 0 Å². The molecular weight excluding hydrogens is 504 g/mol. The summed E-state index contributed by atoms with van der Waals surface area (Å²) in [6, 6.07) is 30.6. The van der Waals surface area contributed by atoms with Gasteiger partial charge in [0.05, 0.1) is 17.3 Å². The highest BCUT2D eigenvalue weighted by Crippen LogP contribution is 2.40. The number of rotatable bonds is 5. The Kier molecular flexibility index (Phi) is 6.90. The van der Waals surface area contributed by atoms with Crippen molar-refractivity contribution in [1.82, 2.24) is 4.90 Å². The minimum Gasteiger partial charge on any atom is -0.340 e. The van der Waals surface area contributed by atoms with Crippen LogP contribution in [0.25, 0.3) is 10.8 Å². The van der Waals surface area contributed by atoms with Crippen LogP contribution in [0.3, 0.4) is 0 Å². The van der Waals surface area contributed by atoms with E-state index in [0.717, 1.165) is 45.9 Å². The fraction of sp³-hybridized carbons (Fsp3) is 0.156. The SMILES string of the molecule is CC1=C(C(=O)Nc2ccccc2)C(c2cccc(NC(=O)c3ccc4ccccc4c3)c2)N2CCCSC2=N1. The van der Waals surface area contributed by atoms with E-state index in [1.165, 1.54) is 0 Å². The molecule has 6 nitrogen and oxygen atoms in total. The summed E-state index contributed by atoms with van der Waals surface area (Å²) >= 11 is 1.72. The first-order valence-electron chi connectivity index (χ1n) is 13.0. The summed E-state index contributed by atoms with van der Waals surface area (Å²) in [5.41, 5.74) is 4.26. The number of allylic oxidation sites excluding steroid dienone is 1. The number of hydrogen-bond donors (Lipinski definition) is 2. The molecule has 0 spiro atoms. The Morgan fingerprint density at radius 3 is 2.41 bits per heavy atom. The number of carbonyl (C=O) groups excluding carboxylic acids is 2. The highest BCUT2D eigenvalue weighted by molar-refractivity contribution is 8.13. The first-order chi connectivity index (χ1) is 19.1. The molecule has 2 amide bonds. The van der Waals surface area contributed by atoms with Gasteiger partial charge in [-0.25, -0.2) is 4.99 Å². The monoisotopic (exact) mass is 532 g/mol. The average molecular weight is 533 g/mol. The van der Waals surface area contributed by atoms with E-state index < -0.39 is 0 Å². The van der Waals surface area contributed by atoms with Gasteiger partial charge in [0.15, 0.2) is 5.17 Å². The minimum atomic E-state index is -0.313. The molecule has 39 heavy (non-hydrogen) atoms. The third-order valence-corrected chi connectivity index (χ3v) is 8.08. The van der Waals surface area contributed by atoms with Gasteiger partial charge in [-0.15, -0.1) is 0 Å². The number of nitrogens with zero attached hydrogens (tertiary/aromatic N) is 2. The van der Waals surface area contributed by atoms with Crippen molar-refractivity contribution in [3.05, 3.63) is 119 Å². The third kappa shape index (κ3) is 5.18. The molecule has 2 N–H and O–H groups in total. The Bertz CT molecular complexity index is 1630. The summed E-state index contributed by atoms with van der Waals surface area (Å²) in [5.74, 6) is 0.654. The number of amides is 2. The smallest absolute Gasteiger partial charge is 0.255 e. The van der Waals surface area contributed by atoms with Gasteiger partial charge in [0, 0.05) is 29.2 Å². The third-order valence-electron chi connectivity index (χ3n) is 7.01. The summed E-state index contributed by atoms with van der Waals surface area (Å²) in [4.78, 5) is 33.9. The number of aliphatic imine (C=N–C) groups is 1. The lowest BCUT2D eigenvalue weighted by atomic mass is 9.93. The van der Waals surface area contributed by atoms with E-state index in [9.17, 15) is 9.59 Å². The summed E-state index contributed by atoms with van der Waals surface area (Å²) < 4.78 is 0. The maximum atomic E-state index is 13.6. The molecule has 0 aliphatic carbocycles. The van der Waals surface area contributed by atoms with Gasteiger partial charge in [-0.2, -0.15) is 0 Å². The van der Waals surface area contributed by atoms with E-state index in [0.29, 0.717) is 22.5 Å². The topological polar surface area (TPSA) is 73.8 Å². The van der Waals surface area contributed by atoms with Crippen LogP contribution in [-0.2, 0) is 4.79 Å². The van der Waals surface area contributed by atoms with Crippen LogP contribution < -0.4 is 10.6 Å². The number of amidine groups is 1. The molecule has 7 heteroatoms. The van der Waals surface area contributed by atoms with Gasteiger partial charge < -0.3 is 15.5 Å². The lowest BCUT2D eigenvalue weighted by Crippen LogP contribution is -2.43. The summed E-state index contributed by atoms with van der Waals surface area (Å²) in [6.45, 7) is 2.71. The zero-order chi connectivity index (χ0) is 26.8. The Labute approximate surface area is 231 Å². The van der Waals surface area contributed by atoms with Crippen LogP contribution in [0.5, 0.6) is 0 Å². The van der Waals surface area contributed by atoms with Crippen molar-refractivity contribution in [2.45, 2.75) is 19.4 Å². The average Bonchev–Trinajstić information content (AvgIpc) is 2.96. The van der Waals surface area contributed by atoms with Gasteiger partial charge >= 0.3 is 0 Å². The number of para-hydroxylation sites is 1. The number of nitrogens with one attached hydrogen (secondary N) is 2. The van der Waals surface area contributed by atoms with Crippen molar-refractivity contribution < 1.29 is 9.59 Å². The Balaban J connectivity index is 1.32. The first-order valence-corrected chi connectivity index (χ1v) is 14.0. The van der Waals surface area contributed by atoms with Crippen molar-refractivity contribution >= 4 is 50.9 Å². The minimum absolute atomic E-state index is 0.173. The van der Waals surface area contributed by atoms with Crippen molar-refractivity contribution in [3.8, 4) is 0 Å². The highest BCUT2D eigenvalue weighted by Gasteiger charge is 2.37. The van der Waals surface area contributed by atoms with Gasteiger partial charge in [-0.3, -0.25) is 9.59 Å². The van der Waals surface area contributed by atoms with Crippen LogP contribution in [0.4, 0.5) is 11.4 Å². The van der Waals surface area contributed by atoms with Crippen LogP contribution >= 0.6 is 11.8 Å². The molecule has 2 aliphatic rings. The molecule has 0 radical (unpaired) electrons. The van der Waals surface area contributed by atoms with E-state index in [2.05, 4.69) is 15.5 Å². The van der Waals surface area contributed by atoms with Crippen LogP contribution in [-0.4, -0.2) is 34.2 Å². The predicted molar refractivity (Wildman–Crippen MR) is 160 cm³/mol. The second kappa shape index (κ2) is 10.8. The molecule has 1 unspecified atom stereocenters.